The van der Waals surface area contributed by atoms with Crippen molar-refractivity contribution in [2.45, 2.75) is 160 Å². The lowest BCUT2D eigenvalue weighted by atomic mass is 9.91. The maximum atomic E-state index is 14.1. The number of rotatable bonds is 16. The SMILES string of the molecule is Cc1cc2c(c(C(CC[C@@H]3OC(C)(C)O[C@@H]3C(/C=C\[C@@H](C)C(C)C)O[Si](C)(C)C(C)(C)C)Sc3ccccc3)c1C(=O)OCC[Si](C)(C)C)N=CC2. The number of thioether (sulfide) groups is 1. The van der Waals surface area contributed by atoms with Crippen molar-refractivity contribution in [3.63, 3.8) is 0 Å². The molecule has 2 heterocycles. The Morgan fingerprint density at radius 2 is 1.73 bits per heavy atom. The molecule has 0 N–H and O–H groups in total. The molecule has 0 saturated carbocycles. The Balaban J connectivity index is 1.75. The summed E-state index contributed by atoms with van der Waals surface area (Å²) < 4.78 is 26.8. The number of carbonyl (C=O) groups excluding carboxylic acids is 1. The molecule has 6 nitrogen and oxygen atoms in total. The average molecular weight is 766 g/mol. The molecule has 9 heteroatoms. The van der Waals surface area contributed by atoms with Gasteiger partial charge in [-0.05, 0) is 92.9 Å². The molecule has 0 radical (unpaired) electrons. The van der Waals surface area contributed by atoms with E-state index in [1.54, 1.807) is 11.8 Å². The minimum atomic E-state index is -2.18. The molecule has 2 unspecified atom stereocenters. The predicted octanol–water partition coefficient (Wildman–Crippen LogP) is 12.1. The van der Waals surface area contributed by atoms with Crippen LogP contribution in [0, 0.1) is 18.8 Å². The molecule has 288 valence electrons. The van der Waals surface area contributed by atoms with Crippen LogP contribution in [0.2, 0.25) is 43.8 Å². The molecule has 0 aliphatic carbocycles. The van der Waals surface area contributed by atoms with Crippen molar-refractivity contribution in [1.82, 2.24) is 0 Å². The van der Waals surface area contributed by atoms with Gasteiger partial charge in [-0.1, -0.05) is 97.6 Å². The number of allylic oxidation sites excluding steroid dienone is 1. The van der Waals surface area contributed by atoms with Crippen molar-refractivity contribution in [2.75, 3.05) is 6.61 Å². The standard InChI is InChI=1S/C43H67NO5SSi2/c1-29(2)30(3)20-21-35(49-52(13,14)42(5,6)7)40-34(47-43(8,9)48-40)22-23-36(50-33-18-16-15-17-19-33)38-37(41(45)46-26-27-51(10,11)12)31(4)28-32-24-25-44-39(32)38/h15-21,25,28-30,34-36,40H,22-24,26-27H2,1-14H3/b21-20-/t30-,34+,35?,36?,40+/m1/s1. The zero-order chi connectivity index (χ0) is 38.6. The lowest BCUT2D eigenvalue weighted by Gasteiger charge is -2.40. The second-order valence-corrected chi connectivity index (χ2v) is 30.1. The molecule has 0 bridgehead atoms. The summed E-state index contributed by atoms with van der Waals surface area (Å²) in [5.41, 5.74) is 4.66. The van der Waals surface area contributed by atoms with Crippen LogP contribution in [0.5, 0.6) is 0 Å². The Bertz CT molecular complexity index is 1570. The molecule has 0 amide bonds. The quantitative estimate of drug-likeness (QED) is 0.0734. The van der Waals surface area contributed by atoms with Crippen molar-refractivity contribution < 1.29 is 23.4 Å². The van der Waals surface area contributed by atoms with Gasteiger partial charge in [0, 0.05) is 36.4 Å². The lowest BCUT2D eigenvalue weighted by Crippen LogP contribution is -2.48. The van der Waals surface area contributed by atoms with Crippen LogP contribution in [-0.4, -0.2) is 59.3 Å². The van der Waals surface area contributed by atoms with Crippen molar-refractivity contribution in [3.8, 4) is 0 Å². The van der Waals surface area contributed by atoms with Gasteiger partial charge in [-0.25, -0.2) is 4.79 Å². The molecule has 0 spiro atoms. The van der Waals surface area contributed by atoms with E-state index in [9.17, 15) is 4.79 Å². The molecular weight excluding hydrogens is 699 g/mol. The van der Waals surface area contributed by atoms with Crippen LogP contribution in [0.1, 0.15) is 101 Å². The Morgan fingerprint density at radius 3 is 2.35 bits per heavy atom. The highest BCUT2D eigenvalue weighted by atomic mass is 32.2. The Morgan fingerprint density at radius 1 is 1.06 bits per heavy atom. The summed E-state index contributed by atoms with van der Waals surface area (Å²) in [6.07, 6.45) is 8.01. The third-order valence-electron chi connectivity index (χ3n) is 10.9. The first-order chi connectivity index (χ1) is 24.1. The Kier molecular flexibility index (Phi) is 14.1. The maximum absolute atomic E-state index is 14.1. The first-order valence-corrected chi connectivity index (χ1v) is 26.9. The molecule has 4 rings (SSSR count). The number of nitrogens with zero attached hydrogens (tertiary/aromatic N) is 1. The number of hydrogen-bond donors (Lipinski definition) is 0. The van der Waals surface area contributed by atoms with Gasteiger partial charge in [-0.3, -0.25) is 4.99 Å². The van der Waals surface area contributed by atoms with Gasteiger partial charge in [0.15, 0.2) is 14.1 Å². The van der Waals surface area contributed by atoms with Crippen LogP contribution in [0.3, 0.4) is 0 Å². The van der Waals surface area contributed by atoms with Gasteiger partial charge in [0.25, 0.3) is 0 Å². The van der Waals surface area contributed by atoms with E-state index in [-0.39, 0.29) is 34.6 Å². The van der Waals surface area contributed by atoms with Crippen molar-refractivity contribution in [3.05, 3.63) is 70.8 Å². The summed E-state index contributed by atoms with van der Waals surface area (Å²) in [5, 5.41) is -0.0355. The van der Waals surface area contributed by atoms with Crippen LogP contribution in [0.25, 0.3) is 0 Å². The predicted molar refractivity (Wildman–Crippen MR) is 225 cm³/mol. The van der Waals surface area contributed by atoms with Gasteiger partial charge in [0.05, 0.1) is 30.1 Å². The molecule has 0 aromatic heterocycles. The van der Waals surface area contributed by atoms with Crippen molar-refractivity contribution in [1.29, 1.82) is 0 Å². The third-order valence-corrected chi connectivity index (χ3v) is 18.4. The number of ether oxygens (including phenoxy) is 3. The minimum absolute atomic E-state index is 0.0385. The van der Waals surface area contributed by atoms with Crippen LogP contribution >= 0.6 is 11.8 Å². The molecule has 1 fully saturated rings. The highest BCUT2D eigenvalue weighted by molar-refractivity contribution is 7.99. The average Bonchev–Trinajstić information content (AvgIpc) is 3.62. The number of aryl methyl sites for hydroxylation is 1. The number of esters is 1. The number of hydrogen-bond acceptors (Lipinski definition) is 7. The summed E-state index contributed by atoms with van der Waals surface area (Å²) in [7, 11) is -3.56. The third kappa shape index (κ3) is 11.3. The van der Waals surface area contributed by atoms with Gasteiger partial charge in [0.1, 0.15) is 6.10 Å². The number of fused-ring (bicyclic) bond motifs is 1. The van der Waals surface area contributed by atoms with E-state index in [0.29, 0.717) is 24.0 Å². The van der Waals surface area contributed by atoms with E-state index < -0.39 is 22.2 Å². The first-order valence-electron chi connectivity index (χ1n) is 19.4. The summed E-state index contributed by atoms with van der Waals surface area (Å²) in [4.78, 5) is 20.1. The van der Waals surface area contributed by atoms with Crippen LogP contribution in [0.15, 0.2) is 58.4 Å². The van der Waals surface area contributed by atoms with Crippen molar-refractivity contribution in [2.24, 2.45) is 16.8 Å². The van der Waals surface area contributed by atoms with Gasteiger partial charge < -0.3 is 18.6 Å². The molecule has 2 aromatic rings. The molecule has 2 aliphatic rings. The van der Waals surface area contributed by atoms with Crippen LogP contribution in [-0.2, 0) is 25.1 Å². The normalized spacial score (nSPS) is 20.8. The van der Waals surface area contributed by atoms with Crippen LogP contribution < -0.4 is 0 Å². The summed E-state index contributed by atoms with van der Waals surface area (Å²) >= 11 is 1.79. The molecule has 1 saturated heterocycles. The summed E-state index contributed by atoms with van der Waals surface area (Å²) in [5.74, 6) is -0.0898. The fourth-order valence-corrected chi connectivity index (χ4v) is 9.61. The second-order valence-electron chi connectivity index (χ2n) is 18.4. The van der Waals surface area contributed by atoms with Gasteiger partial charge in [0.2, 0.25) is 0 Å². The first kappa shape index (κ1) is 42.7. The second kappa shape index (κ2) is 17.2. The summed E-state index contributed by atoms with van der Waals surface area (Å²) in [6, 6.07) is 13.5. The highest BCUT2D eigenvalue weighted by Gasteiger charge is 2.48. The van der Waals surface area contributed by atoms with Crippen molar-refractivity contribution >= 4 is 46.0 Å². The highest BCUT2D eigenvalue weighted by Crippen LogP contribution is 2.49. The van der Waals surface area contributed by atoms with E-state index in [0.717, 1.165) is 52.6 Å². The lowest BCUT2D eigenvalue weighted by molar-refractivity contribution is -0.152. The van der Waals surface area contributed by atoms with Gasteiger partial charge in [-0.2, -0.15) is 0 Å². The van der Waals surface area contributed by atoms with E-state index in [1.165, 1.54) is 0 Å². The molecule has 5 atom stereocenters. The zero-order valence-corrected chi connectivity index (χ0v) is 37.4. The zero-order valence-electron chi connectivity index (χ0n) is 34.6. The van der Waals surface area contributed by atoms with E-state index in [1.807, 2.05) is 33.1 Å². The fourth-order valence-electron chi connectivity index (χ4n) is 6.40. The largest absolute Gasteiger partial charge is 0.462 e. The van der Waals surface area contributed by atoms with E-state index in [4.69, 9.17) is 23.6 Å². The van der Waals surface area contributed by atoms with E-state index >= 15 is 0 Å². The maximum Gasteiger partial charge on any atom is 0.338 e. The number of benzene rings is 2. The number of aliphatic imine (C=N–C) groups is 1. The summed E-state index contributed by atoms with van der Waals surface area (Å²) in [6.45, 7) is 31.7. The molecule has 2 aromatic carbocycles. The topological polar surface area (TPSA) is 66.4 Å². The molecular formula is C43H67NO5SSi2. The van der Waals surface area contributed by atoms with Crippen LogP contribution in [0.4, 0.5) is 5.69 Å². The monoisotopic (exact) mass is 765 g/mol. The van der Waals surface area contributed by atoms with Gasteiger partial charge >= 0.3 is 5.97 Å². The minimum Gasteiger partial charge on any atom is -0.462 e. The number of carbonyl (C=O) groups is 1. The smallest absolute Gasteiger partial charge is 0.338 e. The Hall–Kier alpha value is -2.02. The Labute approximate surface area is 322 Å². The van der Waals surface area contributed by atoms with E-state index in [2.05, 4.69) is 117 Å². The fraction of sp³-hybridized carbons (Fsp3) is 0.628. The van der Waals surface area contributed by atoms with Gasteiger partial charge in [-0.15, -0.1) is 11.8 Å². The molecule has 2 aliphatic heterocycles. The molecule has 52 heavy (non-hydrogen) atoms.